The van der Waals surface area contributed by atoms with Crippen molar-refractivity contribution in [2.45, 2.75) is 33.5 Å². The molecule has 0 fully saturated rings. The van der Waals surface area contributed by atoms with Crippen LogP contribution in [-0.4, -0.2) is 37.4 Å². The SMILES string of the molecule is CCn1cc(Br)c(CN(C)C(=O)c2ccnn2CC)n1. The van der Waals surface area contributed by atoms with E-state index in [-0.39, 0.29) is 5.91 Å². The number of aromatic nitrogens is 4. The Balaban J connectivity index is 2.13. The minimum atomic E-state index is -0.0534. The average Bonchev–Trinajstić information content (AvgIpc) is 3.04. The lowest BCUT2D eigenvalue weighted by Crippen LogP contribution is -2.28. The van der Waals surface area contributed by atoms with Crippen molar-refractivity contribution >= 4 is 21.8 Å². The maximum atomic E-state index is 12.4. The monoisotopic (exact) mass is 339 g/mol. The highest BCUT2D eigenvalue weighted by Gasteiger charge is 2.18. The molecule has 7 heteroatoms. The van der Waals surface area contributed by atoms with E-state index in [4.69, 9.17) is 0 Å². The Hall–Kier alpha value is -1.63. The lowest BCUT2D eigenvalue weighted by atomic mass is 10.3. The van der Waals surface area contributed by atoms with Crippen molar-refractivity contribution < 1.29 is 4.79 Å². The van der Waals surface area contributed by atoms with Crippen LogP contribution >= 0.6 is 15.9 Å². The largest absolute Gasteiger partial charge is 0.334 e. The number of amides is 1. The van der Waals surface area contributed by atoms with Crippen molar-refractivity contribution in [3.63, 3.8) is 0 Å². The summed E-state index contributed by atoms with van der Waals surface area (Å²) in [6, 6.07) is 1.74. The number of hydrogen-bond acceptors (Lipinski definition) is 3. The van der Waals surface area contributed by atoms with Crippen LogP contribution in [-0.2, 0) is 19.6 Å². The highest BCUT2D eigenvalue weighted by Crippen LogP contribution is 2.17. The third-order valence-corrected chi connectivity index (χ3v) is 3.74. The quantitative estimate of drug-likeness (QED) is 0.838. The molecule has 0 aromatic carbocycles. The van der Waals surface area contributed by atoms with Gasteiger partial charge in [-0.25, -0.2) is 0 Å². The van der Waals surface area contributed by atoms with Crippen molar-refractivity contribution in [1.82, 2.24) is 24.5 Å². The number of halogens is 1. The van der Waals surface area contributed by atoms with E-state index in [1.54, 1.807) is 28.9 Å². The molecule has 0 unspecified atom stereocenters. The fourth-order valence-electron chi connectivity index (χ4n) is 1.96. The summed E-state index contributed by atoms with van der Waals surface area (Å²) in [5, 5.41) is 8.55. The highest BCUT2D eigenvalue weighted by molar-refractivity contribution is 9.10. The Kier molecular flexibility index (Phi) is 4.59. The van der Waals surface area contributed by atoms with Gasteiger partial charge in [0, 0.05) is 32.5 Å². The van der Waals surface area contributed by atoms with Crippen LogP contribution in [0.4, 0.5) is 0 Å². The number of aryl methyl sites for hydroxylation is 2. The average molecular weight is 340 g/mol. The second-order valence-corrected chi connectivity index (χ2v) is 5.33. The molecule has 0 atom stereocenters. The topological polar surface area (TPSA) is 56.0 Å². The second-order valence-electron chi connectivity index (χ2n) is 4.47. The first-order valence-corrected chi connectivity index (χ1v) is 7.35. The Labute approximate surface area is 126 Å². The van der Waals surface area contributed by atoms with Gasteiger partial charge in [0.1, 0.15) is 5.69 Å². The molecule has 0 N–H and O–H groups in total. The maximum absolute atomic E-state index is 12.4. The number of rotatable bonds is 5. The third kappa shape index (κ3) is 2.92. The van der Waals surface area contributed by atoms with Gasteiger partial charge in [-0.15, -0.1) is 0 Å². The lowest BCUT2D eigenvalue weighted by molar-refractivity contribution is 0.0770. The molecular weight excluding hydrogens is 322 g/mol. The summed E-state index contributed by atoms with van der Waals surface area (Å²) in [7, 11) is 1.77. The van der Waals surface area contributed by atoms with E-state index in [9.17, 15) is 4.79 Å². The van der Waals surface area contributed by atoms with Crippen LogP contribution in [0.2, 0.25) is 0 Å². The number of hydrogen-bond donors (Lipinski definition) is 0. The van der Waals surface area contributed by atoms with E-state index in [0.29, 0.717) is 18.8 Å². The summed E-state index contributed by atoms with van der Waals surface area (Å²) in [6.07, 6.45) is 3.57. The summed E-state index contributed by atoms with van der Waals surface area (Å²) in [5.41, 5.74) is 1.45. The van der Waals surface area contributed by atoms with Gasteiger partial charge < -0.3 is 4.90 Å². The first-order valence-electron chi connectivity index (χ1n) is 6.55. The zero-order valence-corrected chi connectivity index (χ0v) is 13.5. The van der Waals surface area contributed by atoms with E-state index in [0.717, 1.165) is 16.7 Å². The minimum absolute atomic E-state index is 0.0534. The molecule has 0 saturated carbocycles. The number of carbonyl (C=O) groups excluding carboxylic acids is 1. The van der Waals surface area contributed by atoms with Gasteiger partial charge in [0.15, 0.2) is 0 Å². The smallest absolute Gasteiger partial charge is 0.272 e. The molecule has 20 heavy (non-hydrogen) atoms. The molecule has 0 radical (unpaired) electrons. The van der Waals surface area contributed by atoms with Crippen LogP contribution in [0.3, 0.4) is 0 Å². The van der Waals surface area contributed by atoms with Gasteiger partial charge in [-0.05, 0) is 35.8 Å². The zero-order chi connectivity index (χ0) is 14.7. The third-order valence-electron chi connectivity index (χ3n) is 3.08. The molecule has 0 aliphatic heterocycles. The Morgan fingerprint density at radius 2 is 2.15 bits per heavy atom. The first kappa shape index (κ1) is 14.8. The molecular formula is C13H18BrN5O. The van der Waals surface area contributed by atoms with Crippen molar-refractivity contribution in [1.29, 1.82) is 0 Å². The summed E-state index contributed by atoms with van der Waals surface area (Å²) in [6.45, 7) is 5.93. The molecule has 1 amide bonds. The number of nitrogens with zero attached hydrogens (tertiary/aromatic N) is 5. The Morgan fingerprint density at radius 1 is 1.40 bits per heavy atom. The van der Waals surface area contributed by atoms with Crippen molar-refractivity contribution in [2.24, 2.45) is 0 Å². The standard InChI is InChI=1S/C13H18BrN5O/c1-4-18-8-10(14)11(16-18)9-17(3)13(20)12-6-7-15-19(12)5-2/h6-8H,4-5,9H2,1-3H3. The van der Waals surface area contributed by atoms with Crippen molar-refractivity contribution in [3.05, 3.63) is 34.3 Å². The molecule has 2 rings (SSSR count). The minimum Gasteiger partial charge on any atom is -0.334 e. The summed E-state index contributed by atoms with van der Waals surface area (Å²) in [4.78, 5) is 14.0. The van der Waals surface area contributed by atoms with E-state index in [1.807, 2.05) is 24.7 Å². The van der Waals surface area contributed by atoms with Crippen molar-refractivity contribution in [2.75, 3.05) is 7.05 Å². The van der Waals surface area contributed by atoms with Crippen LogP contribution in [0, 0.1) is 0 Å². The van der Waals surface area contributed by atoms with Gasteiger partial charge in [0.25, 0.3) is 5.91 Å². The normalized spacial score (nSPS) is 10.8. The van der Waals surface area contributed by atoms with Crippen LogP contribution in [0.5, 0.6) is 0 Å². The molecule has 2 aromatic rings. The maximum Gasteiger partial charge on any atom is 0.272 e. The van der Waals surface area contributed by atoms with Gasteiger partial charge in [0.2, 0.25) is 0 Å². The summed E-state index contributed by atoms with van der Waals surface area (Å²) < 4.78 is 4.45. The Morgan fingerprint density at radius 3 is 2.75 bits per heavy atom. The first-order chi connectivity index (χ1) is 9.56. The van der Waals surface area contributed by atoms with Crippen LogP contribution in [0.15, 0.2) is 22.9 Å². The molecule has 0 saturated heterocycles. The van der Waals surface area contributed by atoms with Gasteiger partial charge in [-0.1, -0.05) is 0 Å². The molecule has 6 nitrogen and oxygen atoms in total. The molecule has 0 spiro atoms. The fraction of sp³-hybridized carbons (Fsp3) is 0.462. The van der Waals surface area contributed by atoms with Gasteiger partial charge in [-0.2, -0.15) is 10.2 Å². The van der Waals surface area contributed by atoms with Crippen molar-refractivity contribution in [3.8, 4) is 0 Å². The van der Waals surface area contributed by atoms with E-state index >= 15 is 0 Å². The second kappa shape index (κ2) is 6.21. The summed E-state index contributed by atoms with van der Waals surface area (Å²) >= 11 is 3.47. The van der Waals surface area contributed by atoms with E-state index < -0.39 is 0 Å². The predicted octanol–water partition coefficient (Wildman–Crippen LogP) is 2.15. The van der Waals surface area contributed by atoms with Crippen LogP contribution in [0.1, 0.15) is 30.0 Å². The molecule has 0 bridgehead atoms. The summed E-state index contributed by atoms with van der Waals surface area (Å²) in [5.74, 6) is -0.0534. The van der Waals surface area contributed by atoms with E-state index in [1.165, 1.54) is 0 Å². The molecule has 2 heterocycles. The molecule has 0 aliphatic rings. The predicted molar refractivity (Wildman–Crippen MR) is 79.3 cm³/mol. The zero-order valence-electron chi connectivity index (χ0n) is 11.9. The molecule has 108 valence electrons. The van der Waals surface area contributed by atoms with Gasteiger partial charge in [-0.3, -0.25) is 14.2 Å². The van der Waals surface area contributed by atoms with E-state index in [2.05, 4.69) is 26.1 Å². The fourth-order valence-corrected chi connectivity index (χ4v) is 2.41. The van der Waals surface area contributed by atoms with Crippen LogP contribution < -0.4 is 0 Å². The van der Waals surface area contributed by atoms with Gasteiger partial charge in [0.05, 0.1) is 16.7 Å². The van der Waals surface area contributed by atoms with Gasteiger partial charge >= 0.3 is 0 Å². The lowest BCUT2D eigenvalue weighted by Gasteiger charge is -2.16. The molecule has 2 aromatic heterocycles. The Bertz CT molecular complexity index is 604. The molecule has 0 aliphatic carbocycles. The van der Waals surface area contributed by atoms with Crippen LogP contribution in [0.25, 0.3) is 0 Å². The highest BCUT2D eigenvalue weighted by atomic mass is 79.9. The number of carbonyl (C=O) groups is 1.